The second-order valence-corrected chi connectivity index (χ2v) is 10.6. The Balaban J connectivity index is 1.47. The number of carbonyl (C=O) groups excluding carboxylic acids is 3. The lowest BCUT2D eigenvalue weighted by molar-refractivity contribution is -0.114. The third kappa shape index (κ3) is 8.50. The van der Waals surface area contributed by atoms with Crippen molar-refractivity contribution in [2.75, 3.05) is 30.6 Å². The van der Waals surface area contributed by atoms with Crippen LogP contribution in [0, 0.1) is 13.8 Å². The first-order valence-corrected chi connectivity index (χ1v) is 14.5. The van der Waals surface area contributed by atoms with Crippen molar-refractivity contribution in [1.29, 1.82) is 0 Å². The molecule has 0 aromatic heterocycles. The summed E-state index contributed by atoms with van der Waals surface area (Å²) in [6.07, 6.45) is 1.54. The van der Waals surface area contributed by atoms with Crippen LogP contribution in [0.5, 0.6) is 11.5 Å². The van der Waals surface area contributed by atoms with Gasteiger partial charge in [0.2, 0.25) is 5.91 Å². The van der Waals surface area contributed by atoms with Gasteiger partial charge in [-0.15, -0.1) is 11.8 Å². The largest absolute Gasteiger partial charge is 0.497 e. The van der Waals surface area contributed by atoms with Gasteiger partial charge in [0, 0.05) is 27.4 Å². The summed E-state index contributed by atoms with van der Waals surface area (Å²) in [5, 5.41) is 8.53. The highest BCUT2D eigenvalue weighted by molar-refractivity contribution is 8.00. The smallest absolute Gasteiger partial charge is 0.272 e. The summed E-state index contributed by atoms with van der Waals surface area (Å²) < 4.78 is 10.8. The van der Waals surface area contributed by atoms with Crippen molar-refractivity contribution < 1.29 is 23.9 Å². The molecule has 4 aromatic carbocycles. The first-order valence-electron chi connectivity index (χ1n) is 13.5. The molecule has 0 atom stereocenters. The number of hydrogen-bond donors (Lipinski definition) is 3. The number of benzene rings is 4. The second kappa shape index (κ2) is 14.7. The lowest BCUT2D eigenvalue weighted by Gasteiger charge is -2.13. The molecule has 0 aliphatic heterocycles. The summed E-state index contributed by atoms with van der Waals surface area (Å²) in [5.41, 5.74) is 4.45. The van der Waals surface area contributed by atoms with Crippen LogP contribution in [0.25, 0.3) is 6.08 Å². The van der Waals surface area contributed by atoms with Crippen molar-refractivity contribution in [2.24, 2.45) is 0 Å². The highest BCUT2D eigenvalue weighted by atomic mass is 32.2. The molecule has 4 aromatic rings. The Bertz CT molecular complexity index is 1640. The van der Waals surface area contributed by atoms with Crippen molar-refractivity contribution in [2.45, 2.75) is 18.7 Å². The van der Waals surface area contributed by atoms with Crippen molar-refractivity contribution in [3.8, 4) is 11.5 Å². The van der Waals surface area contributed by atoms with Gasteiger partial charge < -0.3 is 25.4 Å². The monoisotopic (exact) mass is 595 g/mol. The van der Waals surface area contributed by atoms with Crippen LogP contribution in [0.3, 0.4) is 0 Å². The minimum absolute atomic E-state index is 0.0157. The first kappa shape index (κ1) is 30.9. The zero-order valence-corrected chi connectivity index (χ0v) is 25.2. The van der Waals surface area contributed by atoms with E-state index in [-0.39, 0.29) is 17.4 Å². The van der Waals surface area contributed by atoms with Crippen LogP contribution in [0.1, 0.15) is 27.0 Å². The summed E-state index contributed by atoms with van der Waals surface area (Å²) >= 11 is 1.39. The Morgan fingerprint density at radius 1 is 0.814 bits per heavy atom. The third-order valence-corrected chi connectivity index (χ3v) is 7.64. The third-order valence-electron chi connectivity index (χ3n) is 6.63. The predicted molar refractivity (Wildman–Crippen MR) is 172 cm³/mol. The number of methoxy groups -OCH3 is 2. The quantitative estimate of drug-likeness (QED) is 0.136. The maximum Gasteiger partial charge on any atom is 0.272 e. The van der Waals surface area contributed by atoms with Crippen molar-refractivity contribution in [3.05, 3.63) is 119 Å². The van der Waals surface area contributed by atoms with Gasteiger partial charge in [-0.05, 0) is 91.7 Å². The first-order chi connectivity index (χ1) is 20.8. The van der Waals surface area contributed by atoms with Crippen molar-refractivity contribution in [1.82, 2.24) is 5.32 Å². The molecule has 0 bridgehead atoms. The van der Waals surface area contributed by atoms with Crippen LogP contribution in [0.2, 0.25) is 0 Å². The second-order valence-electron chi connectivity index (χ2n) is 9.55. The zero-order chi connectivity index (χ0) is 30.8. The van der Waals surface area contributed by atoms with Gasteiger partial charge in [-0.2, -0.15) is 0 Å². The highest BCUT2D eigenvalue weighted by Gasteiger charge is 2.17. The molecule has 0 aliphatic carbocycles. The molecule has 4 rings (SSSR count). The topological polar surface area (TPSA) is 106 Å². The summed E-state index contributed by atoms with van der Waals surface area (Å²) in [6.45, 7) is 3.98. The van der Waals surface area contributed by atoms with Gasteiger partial charge in [-0.3, -0.25) is 14.4 Å². The van der Waals surface area contributed by atoms with Crippen LogP contribution in [0.4, 0.5) is 11.4 Å². The van der Waals surface area contributed by atoms with E-state index in [0.29, 0.717) is 28.3 Å². The Morgan fingerprint density at radius 2 is 1.56 bits per heavy atom. The normalized spacial score (nSPS) is 10.9. The van der Waals surface area contributed by atoms with E-state index >= 15 is 0 Å². The Kier molecular flexibility index (Phi) is 10.6. The van der Waals surface area contributed by atoms with Gasteiger partial charge in [0.1, 0.15) is 17.2 Å². The van der Waals surface area contributed by atoms with Gasteiger partial charge in [0.05, 0.1) is 20.0 Å². The minimum atomic E-state index is -0.526. The Hall–Kier alpha value is -5.02. The number of aryl methyl sites for hydroxylation is 1. The van der Waals surface area contributed by atoms with E-state index in [2.05, 4.69) is 16.0 Å². The lowest BCUT2D eigenvalue weighted by Crippen LogP contribution is -2.30. The number of rotatable bonds is 11. The van der Waals surface area contributed by atoms with Gasteiger partial charge in [0.25, 0.3) is 11.8 Å². The van der Waals surface area contributed by atoms with E-state index in [1.165, 1.54) is 24.9 Å². The standard InChI is InChI=1S/C34H33N3O5S/c1-22-9-8-12-29(23(22)2)36-32(38)21-43-28-16-13-26(14-17-28)35-34(40)30(37-33(39)24-10-6-5-7-11-24)20-25-19-27(41-3)15-18-31(25)42-4/h5-20H,21H2,1-4H3,(H,35,40)(H,36,38)(H,37,39)/b30-20-. The molecule has 0 aliphatic rings. The molecule has 3 N–H and O–H groups in total. The molecule has 3 amide bonds. The summed E-state index contributed by atoms with van der Waals surface area (Å²) in [6, 6.07) is 26.7. The zero-order valence-electron chi connectivity index (χ0n) is 24.4. The van der Waals surface area contributed by atoms with Gasteiger partial charge in [-0.25, -0.2) is 0 Å². The van der Waals surface area contributed by atoms with E-state index in [4.69, 9.17) is 9.47 Å². The number of amides is 3. The molecule has 0 unspecified atom stereocenters. The fourth-order valence-electron chi connectivity index (χ4n) is 4.10. The van der Waals surface area contributed by atoms with E-state index < -0.39 is 11.8 Å². The Morgan fingerprint density at radius 3 is 2.26 bits per heavy atom. The fourth-order valence-corrected chi connectivity index (χ4v) is 4.80. The molecule has 0 radical (unpaired) electrons. The molecule has 43 heavy (non-hydrogen) atoms. The number of anilines is 2. The lowest BCUT2D eigenvalue weighted by atomic mass is 10.1. The van der Waals surface area contributed by atoms with E-state index in [9.17, 15) is 14.4 Å². The molecule has 220 valence electrons. The Labute approximate surface area is 255 Å². The fraction of sp³-hybridized carbons (Fsp3) is 0.147. The number of carbonyl (C=O) groups is 3. The average molecular weight is 596 g/mol. The molecule has 9 heteroatoms. The average Bonchev–Trinajstić information content (AvgIpc) is 3.02. The number of hydrogen-bond acceptors (Lipinski definition) is 6. The van der Waals surface area contributed by atoms with E-state index in [1.807, 2.05) is 44.2 Å². The molecule has 0 heterocycles. The van der Waals surface area contributed by atoms with Crippen molar-refractivity contribution in [3.63, 3.8) is 0 Å². The van der Waals surface area contributed by atoms with Crippen LogP contribution >= 0.6 is 11.8 Å². The molecule has 0 fully saturated rings. The summed E-state index contributed by atoms with van der Waals surface area (Å²) in [7, 11) is 3.06. The minimum Gasteiger partial charge on any atom is -0.497 e. The maximum absolute atomic E-state index is 13.4. The van der Waals surface area contributed by atoms with Crippen LogP contribution in [0.15, 0.2) is 102 Å². The summed E-state index contributed by atoms with van der Waals surface area (Å²) in [5.74, 6) is 0.241. The van der Waals surface area contributed by atoms with Crippen LogP contribution < -0.4 is 25.4 Å². The molecule has 0 spiro atoms. The van der Waals surface area contributed by atoms with Gasteiger partial charge in [0.15, 0.2) is 0 Å². The molecular formula is C34H33N3O5S. The van der Waals surface area contributed by atoms with E-state index in [1.54, 1.807) is 67.8 Å². The van der Waals surface area contributed by atoms with Gasteiger partial charge >= 0.3 is 0 Å². The summed E-state index contributed by atoms with van der Waals surface area (Å²) in [4.78, 5) is 39.8. The molecule has 8 nitrogen and oxygen atoms in total. The number of ether oxygens (including phenoxy) is 2. The predicted octanol–water partition coefficient (Wildman–Crippen LogP) is 6.46. The SMILES string of the molecule is COc1ccc(OC)c(/C=C(\NC(=O)c2ccccc2)C(=O)Nc2ccc(SCC(=O)Nc3cccc(C)c3C)cc2)c1. The highest BCUT2D eigenvalue weighted by Crippen LogP contribution is 2.27. The number of nitrogens with one attached hydrogen (secondary N) is 3. The van der Waals surface area contributed by atoms with Crippen LogP contribution in [-0.2, 0) is 9.59 Å². The molecule has 0 saturated heterocycles. The van der Waals surface area contributed by atoms with Gasteiger partial charge in [-0.1, -0.05) is 30.3 Å². The molecule has 0 saturated carbocycles. The molecular weight excluding hydrogens is 562 g/mol. The van der Waals surface area contributed by atoms with Crippen molar-refractivity contribution >= 4 is 46.9 Å². The number of thioether (sulfide) groups is 1. The van der Waals surface area contributed by atoms with Crippen LogP contribution in [-0.4, -0.2) is 37.7 Å². The maximum atomic E-state index is 13.4. The van der Waals surface area contributed by atoms with E-state index in [0.717, 1.165) is 21.7 Å².